The molecule has 2 aromatic rings. The summed E-state index contributed by atoms with van der Waals surface area (Å²) in [6.07, 6.45) is 5.64. The molecular formula is C18H25N3. The quantitative estimate of drug-likeness (QED) is 0.880. The molecule has 0 radical (unpaired) electrons. The number of rotatable bonds is 5. The van der Waals surface area contributed by atoms with E-state index in [0.29, 0.717) is 11.8 Å². The molecule has 0 saturated heterocycles. The van der Waals surface area contributed by atoms with Gasteiger partial charge in [0, 0.05) is 24.4 Å². The summed E-state index contributed by atoms with van der Waals surface area (Å²) in [7, 11) is 0. The van der Waals surface area contributed by atoms with Crippen molar-refractivity contribution in [3.05, 3.63) is 53.1 Å². The molecule has 1 aliphatic carbocycles. The molecule has 0 saturated carbocycles. The van der Waals surface area contributed by atoms with Gasteiger partial charge in [-0.15, -0.1) is 0 Å². The highest BCUT2D eigenvalue weighted by molar-refractivity contribution is 5.36. The summed E-state index contributed by atoms with van der Waals surface area (Å²) in [6.45, 7) is 6.37. The number of aryl methyl sites for hydroxylation is 1. The lowest BCUT2D eigenvalue weighted by molar-refractivity contribution is 0.547. The van der Waals surface area contributed by atoms with Crippen LogP contribution >= 0.6 is 0 Å². The molecule has 1 atom stereocenters. The molecule has 1 heterocycles. The summed E-state index contributed by atoms with van der Waals surface area (Å²) in [5, 5.41) is 3.47. The van der Waals surface area contributed by atoms with Crippen LogP contribution in [-0.4, -0.2) is 16.5 Å². The minimum atomic E-state index is 0.439. The Balaban J connectivity index is 1.72. The molecule has 3 heteroatoms. The van der Waals surface area contributed by atoms with Gasteiger partial charge in [0.05, 0.1) is 0 Å². The molecule has 1 aromatic carbocycles. The van der Waals surface area contributed by atoms with Crippen LogP contribution in [-0.2, 0) is 13.0 Å². The van der Waals surface area contributed by atoms with E-state index >= 15 is 0 Å². The number of fused-ring (bicyclic) bond motifs is 1. The van der Waals surface area contributed by atoms with E-state index < -0.39 is 0 Å². The number of nitrogens with one attached hydrogen (secondary N) is 2. The first-order valence-electron chi connectivity index (χ1n) is 8.06. The van der Waals surface area contributed by atoms with Gasteiger partial charge in [-0.25, -0.2) is 4.98 Å². The number of imidazole rings is 1. The fourth-order valence-corrected chi connectivity index (χ4v) is 3.18. The van der Waals surface area contributed by atoms with Crippen molar-refractivity contribution in [2.75, 3.05) is 6.54 Å². The lowest BCUT2D eigenvalue weighted by Crippen LogP contribution is -2.19. The normalized spacial score (nSPS) is 18.0. The van der Waals surface area contributed by atoms with Gasteiger partial charge in [0.1, 0.15) is 5.82 Å². The number of aromatic amines is 1. The van der Waals surface area contributed by atoms with E-state index in [0.717, 1.165) is 18.9 Å². The fourth-order valence-electron chi connectivity index (χ4n) is 3.18. The van der Waals surface area contributed by atoms with Gasteiger partial charge < -0.3 is 10.3 Å². The van der Waals surface area contributed by atoms with Crippen LogP contribution in [0.4, 0.5) is 0 Å². The Morgan fingerprint density at radius 3 is 3.05 bits per heavy atom. The van der Waals surface area contributed by atoms with Gasteiger partial charge in [0.2, 0.25) is 0 Å². The molecule has 0 bridgehead atoms. The monoisotopic (exact) mass is 283 g/mol. The molecule has 1 aromatic heterocycles. The van der Waals surface area contributed by atoms with Gasteiger partial charge in [-0.2, -0.15) is 0 Å². The molecule has 0 aliphatic heterocycles. The Morgan fingerprint density at radius 2 is 2.19 bits per heavy atom. The Bertz CT molecular complexity index is 586. The number of H-pyrrole nitrogens is 1. The molecule has 0 fully saturated rings. The van der Waals surface area contributed by atoms with E-state index in [2.05, 4.69) is 53.4 Å². The maximum absolute atomic E-state index is 4.64. The lowest BCUT2D eigenvalue weighted by Gasteiger charge is -2.23. The highest BCUT2D eigenvalue weighted by Crippen LogP contribution is 2.34. The second kappa shape index (κ2) is 6.44. The Labute approximate surface area is 127 Å². The highest BCUT2D eigenvalue weighted by atomic mass is 15.0. The fraction of sp³-hybridized carbons (Fsp3) is 0.500. The van der Waals surface area contributed by atoms with Crippen LogP contribution in [0.3, 0.4) is 0 Å². The molecule has 3 nitrogen and oxygen atoms in total. The van der Waals surface area contributed by atoms with Crippen molar-refractivity contribution in [1.29, 1.82) is 0 Å². The molecule has 3 rings (SSSR count). The summed E-state index contributed by atoms with van der Waals surface area (Å²) in [5.74, 6) is 2.25. The first-order valence-corrected chi connectivity index (χ1v) is 8.06. The maximum Gasteiger partial charge on any atom is 0.113 e. The second-order valence-corrected chi connectivity index (χ2v) is 6.46. The van der Waals surface area contributed by atoms with Crippen molar-refractivity contribution in [3.8, 4) is 0 Å². The minimum Gasteiger partial charge on any atom is -0.344 e. The molecule has 0 spiro atoms. The van der Waals surface area contributed by atoms with Gasteiger partial charge in [-0.05, 0) is 42.9 Å². The zero-order valence-electron chi connectivity index (χ0n) is 13.0. The zero-order valence-corrected chi connectivity index (χ0v) is 13.0. The molecule has 1 aliphatic rings. The number of benzene rings is 1. The Hall–Kier alpha value is -1.61. The molecule has 0 amide bonds. The predicted octanol–water partition coefficient (Wildman–Crippen LogP) is 3.62. The maximum atomic E-state index is 4.64. The van der Waals surface area contributed by atoms with Gasteiger partial charge in [-0.3, -0.25) is 0 Å². The van der Waals surface area contributed by atoms with Crippen molar-refractivity contribution < 1.29 is 0 Å². The smallest absolute Gasteiger partial charge is 0.113 e. The van der Waals surface area contributed by atoms with Crippen LogP contribution in [0.5, 0.6) is 0 Å². The summed E-state index contributed by atoms with van der Waals surface area (Å²) in [4.78, 5) is 8.16. The molecular weight excluding hydrogens is 258 g/mol. The van der Waals surface area contributed by atoms with Crippen LogP contribution < -0.4 is 5.32 Å². The minimum absolute atomic E-state index is 0.439. The number of hydrogen-bond acceptors (Lipinski definition) is 2. The van der Waals surface area contributed by atoms with E-state index in [-0.39, 0.29) is 0 Å². The van der Waals surface area contributed by atoms with Gasteiger partial charge in [0.25, 0.3) is 0 Å². The third-order valence-corrected chi connectivity index (χ3v) is 4.22. The summed E-state index contributed by atoms with van der Waals surface area (Å²) in [6, 6.07) is 8.81. The number of nitrogens with zero attached hydrogens (tertiary/aromatic N) is 1. The molecule has 2 N–H and O–H groups in total. The van der Waals surface area contributed by atoms with Crippen molar-refractivity contribution >= 4 is 0 Å². The third-order valence-electron chi connectivity index (χ3n) is 4.22. The summed E-state index contributed by atoms with van der Waals surface area (Å²) in [5.41, 5.74) is 4.14. The third kappa shape index (κ3) is 3.35. The van der Waals surface area contributed by atoms with Crippen LogP contribution in [0.15, 0.2) is 30.5 Å². The lowest BCUT2D eigenvalue weighted by atomic mass is 9.82. The van der Waals surface area contributed by atoms with Crippen LogP contribution in [0.2, 0.25) is 0 Å². The van der Waals surface area contributed by atoms with Crippen molar-refractivity contribution in [2.45, 2.75) is 45.6 Å². The number of aromatic nitrogens is 2. The highest BCUT2D eigenvalue weighted by Gasteiger charge is 2.23. The van der Waals surface area contributed by atoms with E-state index in [1.165, 1.54) is 36.1 Å². The largest absolute Gasteiger partial charge is 0.344 e. The van der Waals surface area contributed by atoms with Gasteiger partial charge in [-0.1, -0.05) is 38.1 Å². The van der Waals surface area contributed by atoms with Gasteiger partial charge in [0.15, 0.2) is 0 Å². The average molecular weight is 283 g/mol. The topological polar surface area (TPSA) is 40.7 Å². The van der Waals surface area contributed by atoms with Crippen LogP contribution in [0.1, 0.15) is 55.3 Å². The SMILES string of the molecule is CC(C)CNCc1cnc(C2CCCc3ccccc32)[nH]1. The number of hydrogen-bond donors (Lipinski definition) is 2. The van der Waals surface area contributed by atoms with E-state index in [9.17, 15) is 0 Å². The van der Waals surface area contributed by atoms with Crippen LogP contribution in [0.25, 0.3) is 0 Å². The standard InChI is InChI=1S/C18H25N3/c1-13(2)10-19-11-15-12-20-18(21-15)17-9-5-7-14-6-3-4-8-16(14)17/h3-4,6,8,12-13,17,19H,5,7,9-11H2,1-2H3,(H,20,21). The van der Waals surface area contributed by atoms with Gasteiger partial charge >= 0.3 is 0 Å². The second-order valence-electron chi connectivity index (χ2n) is 6.46. The van der Waals surface area contributed by atoms with E-state index in [1.54, 1.807) is 0 Å². The van der Waals surface area contributed by atoms with Crippen LogP contribution in [0, 0.1) is 5.92 Å². The average Bonchev–Trinajstić information content (AvgIpc) is 2.95. The Kier molecular flexibility index (Phi) is 4.39. The van der Waals surface area contributed by atoms with E-state index in [1.807, 2.05) is 6.20 Å². The van der Waals surface area contributed by atoms with Crippen molar-refractivity contribution in [2.24, 2.45) is 5.92 Å². The molecule has 21 heavy (non-hydrogen) atoms. The summed E-state index contributed by atoms with van der Waals surface area (Å²) < 4.78 is 0. The van der Waals surface area contributed by atoms with Crippen molar-refractivity contribution in [1.82, 2.24) is 15.3 Å². The molecule has 1 unspecified atom stereocenters. The zero-order chi connectivity index (χ0) is 14.7. The van der Waals surface area contributed by atoms with Crippen molar-refractivity contribution in [3.63, 3.8) is 0 Å². The predicted molar refractivity (Wildman–Crippen MR) is 86.4 cm³/mol. The first kappa shape index (κ1) is 14.3. The Morgan fingerprint density at radius 1 is 1.33 bits per heavy atom. The first-order chi connectivity index (χ1) is 10.2. The molecule has 112 valence electrons. The summed E-state index contributed by atoms with van der Waals surface area (Å²) >= 11 is 0. The van der Waals surface area contributed by atoms with E-state index in [4.69, 9.17) is 0 Å².